The van der Waals surface area contributed by atoms with Gasteiger partial charge in [-0.15, -0.1) is 0 Å². The van der Waals surface area contributed by atoms with Gasteiger partial charge in [0, 0.05) is 6.54 Å². The molecule has 0 spiro atoms. The van der Waals surface area contributed by atoms with Crippen LogP contribution in [0.1, 0.15) is 53.9 Å². The molecule has 0 rings (SSSR count). The Balaban J connectivity index is -0.00000115. The fraction of sp³-hybridized carbons (Fsp3) is 0.786. The third-order valence-corrected chi connectivity index (χ3v) is 2.12. The number of hydrogen-bond acceptors (Lipinski definition) is 4. The molecule has 22 heavy (non-hydrogen) atoms. The number of amides is 2. The number of ether oxygens (including phenoxy) is 1. The predicted molar refractivity (Wildman–Crippen MR) is 79.7 cm³/mol. The van der Waals surface area contributed by atoms with E-state index in [0.29, 0.717) is 25.8 Å². The Kier molecular flexibility index (Phi) is 14.6. The number of carboxylic acid groups (broad SMARTS) is 1. The van der Waals surface area contributed by atoms with Gasteiger partial charge in [0.1, 0.15) is 5.60 Å². The summed E-state index contributed by atoms with van der Waals surface area (Å²) >= 11 is 0. The second-order valence-electron chi connectivity index (χ2n) is 5.06. The van der Waals surface area contributed by atoms with Crippen molar-refractivity contribution < 1.29 is 24.2 Å². The Morgan fingerprint density at radius 3 is 2.18 bits per heavy atom. The molecule has 2 amide bonds. The number of aliphatic carboxylic acids is 1. The van der Waals surface area contributed by atoms with Crippen LogP contribution < -0.4 is 10.6 Å². The first kappa shape index (κ1) is 24.2. The van der Waals surface area contributed by atoms with Gasteiger partial charge in [-0.05, 0) is 40.0 Å². The van der Waals surface area contributed by atoms with Crippen LogP contribution in [-0.2, 0) is 14.3 Å². The van der Waals surface area contributed by atoms with Crippen molar-refractivity contribution in [3.63, 3.8) is 0 Å². The van der Waals surface area contributed by atoms with Crippen molar-refractivity contribution >= 4 is 18.5 Å². The molecule has 8 heteroatoms. The fourth-order valence-corrected chi connectivity index (χ4v) is 1.31. The standard InChI is InChI=1S/C12H21N2O5.C2H6.Fm/c1-12(2,3)19-11(18)13-7-5-4-6-9(10(16)17)14-8-15;1-2;/h9H,4-7H2,1-3H3,(H,13,18)(H,14,15)(H,16,17);1-2H3;/q-1;;. The van der Waals surface area contributed by atoms with Crippen molar-refractivity contribution in [3.8, 4) is 0 Å². The van der Waals surface area contributed by atoms with E-state index in [9.17, 15) is 14.4 Å². The molecule has 136 valence electrons. The molecule has 0 saturated heterocycles. The van der Waals surface area contributed by atoms with E-state index in [0.717, 1.165) is 0 Å². The van der Waals surface area contributed by atoms with E-state index in [4.69, 9.17) is 9.84 Å². The minimum absolute atomic E-state index is 0. The molecule has 0 fully saturated rings. The predicted octanol–water partition coefficient (Wildman–Crippen LogP) is 1.82. The van der Waals surface area contributed by atoms with E-state index in [-0.39, 0.29) is 0 Å². The van der Waals surface area contributed by atoms with Crippen molar-refractivity contribution in [2.24, 2.45) is 0 Å². The minimum Gasteiger partial charge on any atom is -0.520 e. The summed E-state index contributed by atoms with van der Waals surface area (Å²) < 4.78 is 5.03. The zero-order chi connectivity index (χ0) is 16.9. The van der Waals surface area contributed by atoms with Gasteiger partial charge in [-0.2, -0.15) is 6.41 Å². The summed E-state index contributed by atoms with van der Waals surface area (Å²) in [6.07, 6.45) is 2.31. The molecule has 0 aliphatic heterocycles. The number of nitrogens with one attached hydrogen (secondary N) is 2. The van der Waals surface area contributed by atoms with Gasteiger partial charge in [0.05, 0.1) is 6.04 Å². The maximum absolute atomic E-state index is 11.3. The molecular formula is C14H27FmN2O5-. The normalized spacial score (nSPS) is 11.0. The Morgan fingerprint density at radius 1 is 1.23 bits per heavy atom. The molecule has 0 aromatic carbocycles. The number of carboxylic acids is 1. The summed E-state index contributed by atoms with van der Waals surface area (Å²) in [5.74, 6) is -1.09. The van der Waals surface area contributed by atoms with Crippen LogP contribution in [0.5, 0.6) is 0 Å². The van der Waals surface area contributed by atoms with E-state index in [1.54, 1.807) is 20.8 Å². The van der Waals surface area contributed by atoms with Crippen LogP contribution in [0.15, 0.2) is 0 Å². The first-order chi connectivity index (χ1) is 9.76. The third kappa shape index (κ3) is 15.3. The van der Waals surface area contributed by atoms with E-state index >= 15 is 0 Å². The average molecular weight is 560 g/mol. The van der Waals surface area contributed by atoms with Gasteiger partial charge in [0.2, 0.25) is 0 Å². The third-order valence-electron chi connectivity index (χ3n) is 2.12. The summed E-state index contributed by atoms with van der Waals surface area (Å²) in [5.41, 5.74) is -0.539. The maximum Gasteiger partial charge on any atom is 0.407 e. The number of carbonyl (C=O) groups excluding carboxylic acids is 2. The van der Waals surface area contributed by atoms with E-state index in [1.165, 1.54) is 6.41 Å². The van der Waals surface area contributed by atoms with Gasteiger partial charge < -0.3 is 25.3 Å². The van der Waals surface area contributed by atoms with Gasteiger partial charge in [-0.25, -0.2) is 4.79 Å². The van der Waals surface area contributed by atoms with Crippen molar-refractivity contribution in [3.05, 3.63) is 0 Å². The molecule has 0 aliphatic carbocycles. The Morgan fingerprint density at radius 2 is 1.77 bits per heavy atom. The molecule has 3 N–H and O–H groups in total. The quantitative estimate of drug-likeness (QED) is 0.239. The van der Waals surface area contributed by atoms with Crippen LogP contribution in [0.2, 0.25) is 0 Å². The van der Waals surface area contributed by atoms with Gasteiger partial charge in [0.15, 0.2) is 0 Å². The van der Waals surface area contributed by atoms with Crippen molar-refractivity contribution in [1.82, 2.24) is 10.6 Å². The smallest absolute Gasteiger partial charge is 0.407 e. The summed E-state index contributed by atoms with van der Waals surface area (Å²) in [4.78, 5) is 32.0. The summed E-state index contributed by atoms with van der Waals surface area (Å²) in [7, 11) is 0. The van der Waals surface area contributed by atoms with Crippen molar-refractivity contribution in [2.75, 3.05) is 6.54 Å². The summed E-state index contributed by atoms with van der Waals surface area (Å²) in [6.45, 7) is 9.70. The van der Waals surface area contributed by atoms with E-state index in [2.05, 4.69) is 10.6 Å². The zero-order valence-corrected chi connectivity index (χ0v) is 16.2. The van der Waals surface area contributed by atoms with Crippen LogP contribution in [0.4, 0.5) is 4.79 Å². The minimum atomic E-state index is -1.09. The second-order valence-corrected chi connectivity index (χ2v) is 5.06. The van der Waals surface area contributed by atoms with Crippen LogP contribution >= 0.6 is 0 Å². The van der Waals surface area contributed by atoms with Gasteiger partial charge in [-0.1, -0.05) is 13.8 Å². The first-order valence-electron chi connectivity index (χ1n) is 7.08. The Bertz CT molecular complexity index is 319. The van der Waals surface area contributed by atoms with Crippen molar-refractivity contribution in [1.29, 1.82) is 0 Å². The van der Waals surface area contributed by atoms with E-state index in [1.807, 2.05) is 13.8 Å². The molecule has 0 bridgehead atoms. The molecule has 0 saturated carbocycles. The summed E-state index contributed by atoms with van der Waals surface area (Å²) in [5, 5.41) is 13.4. The molecule has 7 nitrogen and oxygen atoms in total. The van der Waals surface area contributed by atoms with Gasteiger partial charge in [-0.3, -0.25) is 4.79 Å². The number of alkyl carbamates (subject to hydrolysis) is 1. The number of carbonyl (C=O) groups is 2. The molecule has 0 aromatic heterocycles. The Hall–Kier alpha value is -2.79. The second kappa shape index (κ2) is 13.2. The fourth-order valence-electron chi connectivity index (χ4n) is 1.31. The number of unbranched alkanes of at least 4 members (excludes halogenated alkanes) is 1. The average Bonchev–Trinajstić information content (AvgIpc) is 2.37. The number of hydrogen-bond donors (Lipinski definition) is 3. The Labute approximate surface area is 126 Å². The number of rotatable bonds is 8. The van der Waals surface area contributed by atoms with Gasteiger partial charge in [0.25, 0.3) is 0 Å². The van der Waals surface area contributed by atoms with Crippen LogP contribution in [0.25, 0.3) is 0 Å². The van der Waals surface area contributed by atoms with Crippen LogP contribution in [-0.4, -0.2) is 41.8 Å². The molecule has 0 heterocycles. The van der Waals surface area contributed by atoms with Crippen molar-refractivity contribution in [2.45, 2.75) is 65.5 Å². The van der Waals surface area contributed by atoms with Crippen LogP contribution in [0, 0.1) is 0 Å². The molecule has 0 radical (unpaired) electrons. The molecule has 0 aliphatic rings. The van der Waals surface area contributed by atoms with Gasteiger partial charge >= 0.3 is 12.1 Å². The summed E-state index contributed by atoms with van der Waals surface area (Å²) in [6, 6.07) is -0.931. The van der Waals surface area contributed by atoms with E-state index < -0.39 is 23.7 Å². The largest absolute Gasteiger partial charge is 0.520 e. The molecule has 1 unspecified atom stereocenters. The molecule has 0 aromatic rings. The topological polar surface area (TPSA) is 105 Å². The molecule has 1 atom stereocenters. The SMILES string of the molecule is CC.CC(C)(C)OC(=O)NCCCCC(N[C-]=O)C(=O)O.[Fm]. The monoisotopic (exact) mass is 560 g/mol. The maximum atomic E-state index is 11.3. The first-order valence-corrected chi connectivity index (χ1v) is 7.08. The zero-order valence-electron chi connectivity index (χ0n) is 13.8. The van der Waals surface area contributed by atoms with Crippen LogP contribution in [0.3, 0.4) is 0 Å². The molecular weight excluding hydrogens is 533 g/mol.